The Morgan fingerprint density at radius 1 is 1.32 bits per heavy atom. The third kappa shape index (κ3) is 2.79. The minimum Gasteiger partial charge on any atom is -0.355 e. The molecule has 0 amide bonds. The van der Waals surface area contributed by atoms with E-state index in [2.05, 4.69) is 15.4 Å². The third-order valence-corrected chi connectivity index (χ3v) is 2.92. The van der Waals surface area contributed by atoms with E-state index in [-0.39, 0.29) is 5.82 Å². The van der Waals surface area contributed by atoms with Crippen LogP contribution in [0.1, 0.15) is 11.1 Å². The van der Waals surface area contributed by atoms with Crippen LogP contribution in [-0.4, -0.2) is 17.0 Å². The van der Waals surface area contributed by atoms with Crippen molar-refractivity contribution in [2.24, 2.45) is 5.84 Å². The van der Waals surface area contributed by atoms with Crippen molar-refractivity contribution in [3.8, 4) is 0 Å². The van der Waals surface area contributed by atoms with Crippen molar-refractivity contribution in [2.45, 2.75) is 13.5 Å². The van der Waals surface area contributed by atoms with Gasteiger partial charge in [0.15, 0.2) is 0 Å². The largest absolute Gasteiger partial charge is 0.355 e. The van der Waals surface area contributed by atoms with E-state index in [0.717, 1.165) is 5.56 Å². The Morgan fingerprint density at radius 3 is 2.74 bits per heavy atom. The molecule has 0 atom stereocenters. The highest BCUT2D eigenvalue weighted by Crippen LogP contribution is 2.22. The van der Waals surface area contributed by atoms with Gasteiger partial charge in [0.05, 0.1) is 0 Å². The lowest BCUT2D eigenvalue weighted by atomic mass is 10.2. The normalized spacial score (nSPS) is 10.3. The molecule has 3 N–H and O–H groups in total. The standard InChI is InChI=1S/C13H16FN5/c1-9-12(18-15)16-8-17-13(9)19(2)7-10-5-3-4-6-11(10)14/h3-6,8H,7,15H2,1-2H3,(H,16,17,18). The lowest BCUT2D eigenvalue weighted by Crippen LogP contribution is -2.21. The Bertz CT molecular complexity index is 573. The number of hydrogen-bond acceptors (Lipinski definition) is 5. The first-order valence-electron chi connectivity index (χ1n) is 5.86. The number of rotatable bonds is 4. The van der Waals surface area contributed by atoms with Gasteiger partial charge in [-0.05, 0) is 13.0 Å². The lowest BCUT2D eigenvalue weighted by Gasteiger charge is -2.21. The summed E-state index contributed by atoms with van der Waals surface area (Å²) in [4.78, 5) is 10.1. The molecule has 0 saturated heterocycles. The Balaban J connectivity index is 2.26. The van der Waals surface area contributed by atoms with Crippen molar-refractivity contribution in [2.75, 3.05) is 17.4 Å². The molecular weight excluding hydrogens is 245 g/mol. The Morgan fingerprint density at radius 2 is 2.05 bits per heavy atom. The van der Waals surface area contributed by atoms with Crippen LogP contribution in [0.2, 0.25) is 0 Å². The highest BCUT2D eigenvalue weighted by atomic mass is 19.1. The molecule has 0 bridgehead atoms. The van der Waals surface area contributed by atoms with Gasteiger partial charge in [-0.3, -0.25) is 0 Å². The number of nitrogen functional groups attached to an aromatic ring is 1. The molecule has 0 spiro atoms. The van der Waals surface area contributed by atoms with E-state index in [0.29, 0.717) is 23.7 Å². The van der Waals surface area contributed by atoms with Crippen LogP contribution in [0.25, 0.3) is 0 Å². The highest BCUT2D eigenvalue weighted by Gasteiger charge is 2.12. The number of anilines is 2. The van der Waals surface area contributed by atoms with E-state index in [4.69, 9.17) is 5.84 Å². The molecule has 0 saturated carbocycles. The van der Waals surface area contributed by atoms with Gasteiger partial charge in [-0.2, -0.15) is 0 Å². The van der Waals surface area contributed by atoms with E-state index in [9.17, 15) is 4.39 Å². The lowest BCUT2D eigenvalue weighted by molar-refractivity contribution is 0.607. The number of halogens is 1. The summed E-state index contributed by atoms with van der Waals surface area (Å²) in [5.41, 5.74) is 3.95. The quantitative estimate of drug-likeness (QED) is 0.649. The maximum Gasteiger partial charge on any atom is 0.148 e. The maximum absolute atomic E-state index is 13.6. The summed E-state index contributed by atoms with van der Waals surface area (Å²) < 4.78 is 13.6. The van der Waals surface area contributed by atoms with Crippen LogP contribution in [0.15, 0.2) is 30.6 Å². The molecule has 2 aromatic rings. The first-order chi connectivity index (χ1) is 9.13. The Kier molecular flexibility index (Phi) is 3.91. The number of aromatic nitrogens is 2. The predicted molar refractivity (Wildman–Crippen MR) is 73.1 cm³/mol. The maximum atomic E-state index is 13.6. The van der Waals surface area contributed by atoms with Crippen LogP contribution in [0.3, 0.4) is 0 Å². The summed E-state index contributed by atoms with van der Waals surface area (Å²) in [5.74, 6) is 6.43. The van der Waals surface area contributed by atoms with Gasteiger partial charge in [0.2, 0.25) is 0 Å². The number of hydrogen-bond donors (Lipinski definition) is 2. The van der Waals surface area contributed by atoms with Crippen molar-refractivity contribution in [1.29, 1.82) is 0 Å². The number of hydrazine groups is 1. The summed E-state index contributed by atoms with van der Waals surface area (Å²) in [6.45, 7) is 2.29. The van der Waals surface area contributed by atoms with Gasteiger partial charge in [0, 0.05) is 24.7 Å². The number of benzene rings is 1. The molecule has 6 heteroatoms. The summed E-state index contributed by atoms with van der Waals surface area (Å²) in [6.07, 6.45) is 1.43. The van der Waals surface area contributed by atoms with Crippen molar-refractivity contribution in [3.63, 3.8) is 0 Å². The van der Waals surface area contributed by atoms with Gasteiger partial charge in [-0.1, -0.05) is 18.2 Å². The second kappa shape index (κ2) is 5.62. The molecule has 0 fully saturated rings. The van der Waals surface area contributed by atoms with Crippen LogP contribution in [0, 0.1) is 12.7 Å². The van der Waals surface area contributed by atoms with Crippen LogP contribution < -0.4 is 16.2 Å². The van der Waals surface area contributed by atoms with Crippen LogP contribution in [-0.2, 0) is 6.54 Å². The minimum absolute atomic E-state index is 0.224. The zero-order valence-corrected chi connectivity index (χ0v) is 10.9. The van der Waals surface area contributed by atoms with Gasteiger partial charge in [0.1, 0.15) is 23.8 Å². The van der Waals surface area contributed by atoms with E-state index in [1.165, 1.54) is 12.4 Å². The summed E-state index contributed by atoms with van der Waals surface area (Å²) in [7, 11) is 1.85. The number of nitrogens with one attached hydrogen (secondary N) is 1. The zero-order chi connectivity index (χ0) is 13.8. The van der Waals surface area contributed by atoms with Crippen molar-refractivity contribution < 1.29 is 4.39 Å². The van der Waals surface area contributed by atoms with Gasteiger partial charge < -0.3 is 10.3 Å². The SMILES string of the molecule is Cc1c(NN)ncnc1N(C)Cc1ccccc1F. The first-order valence-corrected chi connectivity index (χ1v) is 5.86. The molecule has 1 aromatic carbocycles. The molecule has 0 unspecified atom stereocenters. The molecular formula is C13H16FN5. The molecule has 2 rings (SSSR count). The molecule has 0 aliphatic rings. The van der Waals surface area contributed by atoms with E-state index < -0.39 is 0 Å². The van der Waals surface area contributed by atoms with Gasteiger partial charge >= 0.3 is 0 Å². The summed E-state index contributed by atoms with van der Waals surface area (Å²) in [5, 5.41) is 0. The second-order valence-electron chi connectivity index (χ2n) is 4.26. The van der Waals surface area contributed by atoms with Crippen LogP contribution >= 0.6 is 0 Å². The van der Waals surface area contributed by atoms with Crippen molar-refractivity contribution in [3.05, 3.63) is 47.5 Å². The fourth-order valence-corrected chi connectivity index (χ4v) is 1.93. The molecule has 19 heavy (non-hydrogen) atoms. The molecule has 5 nitrogen and oxygen atoms in total. The van der Waals surface area contributed by atoms with E-state index in [1.54, 1.807) is 12.1 Å². The van der Waals surface area contributed by atoms with E-state index >= 15 is 0 Å². The van der Waals surface area contributed by atoms with Crippen LogP contribution in [0.5, 0.6) is 0 Å². The highest BCUT2D eigenvalue weighted by molar-refractivity contribution is 5.57. The molecule has 0 aliphatic heterocycles. The second-order valence-corrected chi connectivity index (χ2v) is 4.26. The molecule has 1 aromatic heterocycles. The molecule has 100 valence electrons. The first kappa shape index (κ1) is 13.2. The smallest absolute Gasteiger partial charge is 0.148 e. The Labute approximate surface area is 111 Å². The van der Waals surface area contributed by atoms with Gasteiger partial charge in [-0.25, -0.2) is 20.2 Å². The van der Waals surface area contributed by atoms with E-state index in [1.807, 2.05) is 24.9 Å². The fraction of sp³-hybridized carbons (Fsp3) is 0.231. The topological polar surface area (TPSA) is 67.1 Å². The van der Waals surface area contributed by atoms with Gasteiger partial charge in [-0.15, -0.1) is 0 Å². The minimum atomic E-state index is -0.224. The Hall–Kier alpha value is -2.21. The zero-order valence-electron chi connectivity index (χ0n) is 10.9. The summed E-state index contributed by atoms with van der Waals surface area (Å²) >= 11 is 0. The number of nitrogens with zero attached hydrogens (tertiary/aromatic N) is 3. The fourth-order valence-electron chi connectivity index (χ4n) is 1.93. The average Bonchev–Trinajstić information content (AvgIpc) is 2.41. The van der Waals surface area contributed by atoms with Gasteiger partial charge in [0.25, 0.3) is 0 Å². The number of nitrogens with two attached hydrogens (primary N) is 1. The molecule has 1 heterocycles. The summed E-state index contributed by atoms with van der Waals surface area (Å²) in [6, 6.07) is 6.69. The predicted octanol–water partition coefficient (Wildman–Crippen LogP) is 1.85. The molecule has 0 aliphatic carbocycles. The average molecular weight is 261 g/mol. The third-order valence-electron chi connectivity index (χ3n) is 2.92. The van der Waals surface area contributed by atoms with Crippen molar-refractivity contribution >= 4 is 11.6 Å². The van der Waals surface area contributed by atoms with Crippen molar-refractivity contribution in [1.82, 2.24) is 9.97 Å². The monoisotopic (exact) mass is 261 g/mol. The van der Waals surface area contributed by atoms with Crippen LogP contribution in [0.4, 0.5) is 16.0 Å². The molecule has 0 radical (unpaired) electrons.